The number of ketones is 1. The summed E-state index contributed by atoms with van der Waals surface area (Å²) in [5.74, 6) is 0.216. The highest BCUT2D eigenvalue weighted by Crippen LogP contribution is 2.22. The Kier molecular flexibility index (Phi) is 5.69. The molecule has 144 valence electrons. The maximum atomic E-state index is 12.6. The fraction of sp³-hybridized carbons (Fsp3) is 0.364. The van der Waals surface area contributed by atoms with Gasteiger partial charge in [-0.2, -0.15) is 0 Å². The van der Waals surface area contributed by atoms with Crippen LogP contribution in [-0.2, 0) is 11.2 Å². The first kappa shape index (κ1) is 18.7. The van der Waals surface area contributed by atoms with Gasteiger partial charge in [-0.1, -0.05) is 6.07 Å². The van der Waals surface area contributed by atoms with Crippen molar-refractivity contribution in [3.63, 3.8) is 0 Å². The van der Waals surface area contributed by atoms with Gasteiger partial charge in [0.25, 0.3) is 0 Å². The molecule has 0 spiro atoms. The molecule has 0 unspecified atom stereocenters. The Morgan fingerprint density at radius 3 is 2.82 bits per heavy atom. The third kappa shape index (κ3) is 4.58. The molecule has 0 bridgehead atoms. The van der Waals surface area contributed by atoms with Crippen molar-refractivity contribution in [1.29, 1.82) is 0 Å². The van der Waals surface area contributed by atoms with Crippen LogP contribution < -0.4 is 0 Å². The quantitative estimate of drug-likeness (QED) is 0.683. The molecule has 28 heavy (non-hydrogen) atoms. The maximum Gasteiger partial charge on any atom is 0.152 e. The molecule has 3 aromatic rings. The summed E-state index contributed by atoms with van der Waals surface area (Å²) < 4.78 is 0. The van der Waals surface area contributed by atoms with Crippen LogP contribution in [0.3, 0.4) is 0 Å². The van der Waals surface area contributed by atoms with Crippen LogP contribution in [0.25, 0.3) is 22.0 Å². The molecule has 0 amide bonds. The molecule has 4 rings (SSSR count). The number of hydrogen-bond donors (Lipinski definition) is 0. The number of pyridine rings is 3. The molecule has 0 aromatic carbocycles. The number of rotatable bonds is 5. The summed E-state index contributed by atoms with van der Waals surface area (Å²) in [7, 11) is 2.14. The summed E-state index contributed by atoms with van der Waals surface area (Å²) in [6.45, 7) is 4.56. The average Bonchev–Trinajstić information content (AvgIpc) is 2.92. The molecule has 4 heterocycles. The van der Waals surface area contributed by atoms with Crippen molar-refractivity contribution >= 4 is 16.7 Å². The van der Waals surface area contributed by atoms with Gasteiger partial charge in [0, 0.05) is 53.9 Å². The molecule has 0 atom stereocenters. The van der Waals surface area contributed by atoms with E-state index in [1.165, 1.54) is 0 Å². The lowest BCUT2D eigenvalue weighted by Gasteiger charge is -2.19. The van der Waals surface area contributed by atoms with E-state index in [1.807, 2.05) is 30.6 Å². The second-order valence-electron chi connectivity index (χ2n) is 7.48. The van der Waals surface area contributed by atoms with Crippen molar-refractivity contribution in [2.45, 2.75) is 12.8 Å². The van der Waals surface area contributed by atoms with E-state index in [2.05, 4.69) is 37.9 Å². The first-order valence-electron chi connectivity index (χ1n) is 9.75. The SMILES string of the molecule is CN1CCCN(CC(=O)Cc2cc3cc(-c4cccnc4)cnc3cn2)CC1. The van der Waals surface area contributed by atoms with Crippen LogP contribution >= 0.6 is 0 Å². The van der Waals surface area contributed by atoms with Gasteiger partial charge in [0.05, 0.1) is 24.7 Å². The van der Waals surface area contributed by atoms with Gasteiger partial charge in [0.1, 0.15) is 0 Å². The summed E-state index contributed by atoms with van der Waals surface area (Å²) >= 11 is 0. The van der Waals surface area contributed by atoms with Crippen molar-refractivity contribution in [3.05, 3.63) is 54.7 Å². The highest BCUT2D eigenvalue weighted by atomic mass is 16.1. The average molecular weight is 375 g/mol. The van der Waals surface area contributed by atoms with Crippen molar-refractivity contribution in [3.8, 4) is 11.1 Å². The highest BCUT2D eigenvalue weighted by Gasteiger charge is 2.16. The molecule has 0 aliphatic carbocycles. The van der Waals surface area contributed by atoms with Crippen molar-refractivity contribution < 1.29 is 4.79 Å². The van der Waals surface area contributed by atoms with Crippen molar-refractivity contribution in [2.75, 3.05) is 39.8 Å². The number of carbonyl (C=O) groups excluding carboxylic acids is 1. The normalized spacial score (nSPS) is 16.2. The summed E-state index contributed by atoms with van der Waals surface area (Å²) in [6, 6.07) is 7.99. The maximum absolute atomic E-state index is 12.6. The van der Waals surface area contributed by atoms with Crippen LogP contribution in [-0.4, -0.2) is 70.3 Å². The van der Waals surface area contributed by atoms with Gasteiger partial charge in [0.15, 0.2) is 5.78 Å². The second-order valence-corrected chi connectivity index (χ2v) is 7.48. The predicted octanol–water partition coefficient (Wildman–Crippen LogP) is 2.44. The Bertz CT molecular complexity index is 960. The molecule has 1 aliphatic rings. The Morgan fingerprint density at radius 1 is 1.04 bits per heavy atom. The number of fused-ring (bicyclic) bond motifs is 1. The molecule has 6 heteroatoms. The zero-order chi connectivity index (χ0) is 19.3. The molecule has 6 nitrogen and oxygen atoms in total. The van der Waals surface area contributed by atoms with Crippen LogP contribution in [0.4, 0.5) is 0 Å². The fourth-order valence-corrected chi connectivity index (χ4v) is 3.63. The Labute approximate surface area is 165 Å². The largest absolute Gasteiger partial charge is 0.305 e. The monoisotopic (exact) mass is 375 g/mol. The molecular formula is C22H25N5O. The standard InChI is InChI=1S/C22H25N5O/c1-26-6-3-7-27(9-8-26)16-21(28)12-20-11-18-10-19(14-25-22(18)15-24-20)17-4-2-5-23-13-17/h2,4-5,10-11,13-15H,3,6-9,12,16H2,1H3. The Morgan fingerprint density at radius 2 is 1.96 bits per heavy atom. The zero-order valence-corrected chi connectivity index (χ0v) is 16.2. The smallest absolute Gasteiger partial charge is 0.152 e. The molecule has 0 N–H and O–H groups in total. The van der Waals surface area contributed by atoms with E-state index in [-0.39, 0.29) is 5.78 Å². The minimum atomic E-state index is 0.216. The van der Waals surface area contributed by atoms with Crippen LogP contribution in [0.5, 0.6) is 0 Å². The van der Waals surface area contributed by atoms with Crippen molar-refractivity contribution in [1.82, 2.24) is 24.8 Å². The third-order valence-electron chi connectivity index (χ3n) is 5.21. The topological polar surface area (TPSA) is 62.2 Å². The van der Waals surface area contributed by atoms with Crippen LogP contribution in [0.15, 0.2) is 49.1 Å². The lowest BCUT2D eigenvalue weighted by molar-refractivity contribution is -0.119. The van der Waals surface area contributed by atoms with Gasteiger partial charge >= 0.3 is 0 Å². The molecule has 1 fully saturated rings. The van der Waals surface area contributed by atoms with E-state index in [0.717, 1.165) is 60.3 Å². The van der Waals surface area contributed by atoms with Gasteiger partial charge in [-0.15, -0.1) is 0 Å². The lowest BCUT2D eigenvalue weighted by atomic mass is 10.1. The van der Waals surface area contributed by atoms with E-state index in [1.54, 1.807) is 12.4 Å². The number of aromatic nitrogens is 3. The first-order chi connectivity index (χ1) is 13.7. The Balaban J connectivity index is 1.47. The molecular weight excluding hydrogens is 350 g/mol. The summed E-state index contributed by atoms with van der Waals surface area (Å²) in [5.41, 5.74) is 3.67. The second kappa shape index (κ2) is 8.54. The summed E-state index contributed by atoms with van der Waals surface area (Å²) in [6.07, 6.45) is 8.65. The van der Waals surface area contributed by atoms with E-state index in [0.29, 0.717) is 13.0 Å². The van der Waals surface area contributed by atoms with Crippen LogP contribution in [0, 0.1) is 0 Å². The molecule has 1 aliphatic heterocycles. The number of likely N-dealkylation sites (N-methyl/N-ethyl adjacent to an activating group) is 1. The molecule has 1 saturated heterocycles. The van der Waals surface area contributed by atoms with Gasteiger partial charge in [-0.05, 0) is 44.8 Å². The molecule has 0 saturated carbocycles. The van der Waals surface area contributed by atoms with E-state index >= 15 is 0 Å². The van der Waals surface area contributed by atoms with Gasteiger partial charge < -0.3 is 4.90 Å². The Hall–Kier alpha value is -2.70. The first-order valence-corrected chi connectivity index (χ1v) is 9.75. The van der Waals surface area contributed by atoms with E-state index < -0.39 is 0 Å². The zero-order valence-electron chi connectivity index (χ0n) is 16.2. The van der Waals surface area contributed by atoms with Crippen molar-refractivity contribution in [2.24, 2.45) is 0 Å². The van der Waals surface area contributed by atoms with E-state index in [9.17, 15) is 4.79 Å². The van der Waals surface area contributed by atoms with Gasteiger partial charge in [0.2, 0.25) is 0 Å². The number of nitrogens with zero attached hydrogens (tertiary/aromatic N) is 5. The summed E-state index contributed by atoms with van der Waals surface area (Å²) in [4.78, 5) is 30.3. The molecule has 0 radical (unpaired) electrons. The minimum absolute atomic E-state index is 0.216. The minimum Gasteiger partial charge on any atom is -0.305 e. The number of Topliss-reactive ketones (excluding diaryl/α,β-unsaturated/α-hetero) is 1. The fourth-order valence-electron chi connectivity index (χ4n) is 3.63. The van der Waals surface area contributed by atoms with Crippen LogP contribution in [0.2, 0.25) is 0 Å². The lowest BCUT2D eigenvalue weighted by Crippen LogP contribution is -2.34. The molecule has 3 aromatic heterocycles. The number of hydrogen-bond acceptors (Lipinski definition) is 6. The van der Waals surface area contributed by atoms with Gasteiger partial charge in [-0.3, -0.25) is 24.6 Å². The predicted molar refractivity (Wildman–Crippen MR) is 110 cm³/mol. The van der Waals surface area contributed by atoms with E-state index in [4.69, 9.17) is 0 Å². The van der Waals surface area contributed by atoms with Crippen LogP contribution in [0.1, 0.15) is 12.1 Å². The number of carbonyl (C=O) groups is 1. The third-order valence-corrected chi connectivity index (χ3v) is 5.21. The summed E-state index contributed by atoms with van der Waals surface area (Å²) in [5, 5.41) is 0.996. The highest BCUT2D eigenvalue weighted by molar-refractivity contribution is 5.86. The van der Waals surface area contributed by atoms with Gasteiger partial charge in [-0.25, -0.2) is 0 Å².